The lowest BCUT2D eigenvalue weighted by Gasteiger charge is -2.32. The quantitative estimate of drug-likeness (QED) is 0.782. The van der Waals surface area contributed by atoms with Gasteiger partial charge < -0.3 is 10.5 Å². The van der Waals surface area contributed by atoms with Crippen LogP contribution in [0.1, 0.15) is 12.6 Å². The van der Waals surface area contributed by atoms with Crippen LogP contribution in [0.15, 0.2) is 18.2 Å². The number of anilines is 1. The molecule has 1 saturated heterocycles. The number of ether oxygens (including phenoxy) is 1. The Morgan fingerprint density at radius 3 is 3.20 bits per heavy atom. The van der Waals surface area contributed by atoms with Gasteiger partial charge in [0.05, 0.1) is 18.9 Å². The second-order valence-electron chi connectivity index (χ2n) is 3.95. The zero-order valence-electron chi connectivity index (χ0n) is 9.02. The van der Waals surface area contributed by atoms with Gasteiger partial charge in [0.25, 0.3) is 0 Å². The fourth-order valence-corrected chi connectivity index (χ4v) is 1.79. The molecule has 1 aliphatic heterocycles. The summed E-state index contributed by atoms with van der Waals surface area (Å²) in [6.07, 6.45) is 0. The molecule has 2 N–H and O–H groups in total. The van der Waals surface area contributed by atoms with Crippen molar-refractivity contribution in [1.82, 2.24) is 9.88 Å². The van der Waals surface area contributed by atoms with E-state index in [-0.39, 0.29) is 0 Å². The van der Waals surface area contributed by atoms with Crippen molar-refractivity contribution < 1.29 is 4.74 Å². The third-order valence-electron chi connectivity index (χ3n) is 2.70. The van der Waals surface area contributed by atoms with Crippen molar-refractivity contribution in [3.63, 3.8) is 0 Å². The number of hydrogen-bond donors (Lipinski definition) is 1. The molecule has 1 atom stereocenters. The molecule has 1 aromatic heterocycles. The normalized spacial score (nSPS) is 22.9. The predicted octanol–water partition coefficient (Wildman–Crippen LogP) is 0.884. The Morgan fingerprint density at radius 1 is 1.60 bits per heavy atom. The average Bonchev–Trinajstić information content (AvgIpc) is 2.22. The van der Waals surface area contributed by atoms with Gasteiger partial charge in [-0.3, -0.25) is 4.90 Å². The molecule has 0 aromatic carbocycles. The number of nitrogens with zero attached hydrogens (tertiary/aromatic N) is 2. The average molecular weight is 207 g/mol. The number of rotatable bonds is 2. The first-order valence-electron chi connectivity index (χ1n) is 5.29. The third kappa shape index (κ3) is 2.67. The summed E-state index contributed by atoms with van der Waals surface area (Å²) >= 11 is 0. The minimum atomic E-state index is 0.460. The predicted molar refractivity (Wildman–Crippen MR) is 59.3 cm³/mol. The molecule has 1 unspecified atom stereocenters. The van der Waals surface area contributed by atoms with Crippen molar-refractivity contribution in [2.24, 2.45) is 0 Å². The Bertz CT molecular complexity index is 329. The molecule has 0 radical (unpaired) electrons. The van der Waals surface area contributed by atoms with Crippen LogP contribution in [-0.2, 0) is 11.3 Å². The highest BCUT2D eigenvalue weighted by atomic mass is 16.5. The van der Waals surface area contributed by atoms with Gasteiger partial charge in [0.2, 0.25) is 0 Å². The van der Waals surface area contributed by atoms with Gasteiger partial charge in [-0.15, -0.1) is 0 Å². The van der Waals surface area contributed by atoms with Gasteiger partial charge in [-0.25, -0.2) is 4.98 Å². The minimum absolute atomic E-state index is 0.460. The maximum atomic E-state index is 5.64. The molecule has 1 aromatic rings. The van der Waals surface area contributed by atoms with E-state index in [1.165, 1.54) is 0 Å². The molecule has 0 amide bonds. The van der Waals surface area contributed by atoms with Crippen molar-refractivity contribution in [2.45, 2.75) is 19.5 Å². The Hall–Kier alpha value is -1.13. The molecule has 4 heteroatoms. The van der Waals surface area contributed by atoms with Crippen molar-refractivity contribution >= 4 is 5.82 Å². The summed E-state index contributed by atoms with van der Waals surface area (Å²) in [7, 11) is 0. The first-order valence-corrected chi connectivity index (χ1v) is 5.29. The molecule has 0 bridgehead atoms. The van der Waals surface area contributed by atoms with Crippen molar-refractivity contribution in [3.8, 4) is 0 Å². The fraction of sp³-hybridized carbons (Fsp3) is 0.545. The summed E-state index contributed by atoms with van der Waals surface area (Å²) < 4.78 is 5.39. The summed E-state index contributed by atoms with van der Waals surface area (Å²) in [6.45, 7) is 5.62. The summed E-state index contributed by atoms with van der Waals surface area (Å²) in [4.78, 5) is 6.66. The molecule has 1 aliphatic rings. The van der Waals surface area contributed by atoms with Gasteiger partial charge in [0.15, 0.2) is 0 Å². The zero-order valence-corrected chi connectivity index (χ0v) is 9.02. The van der Waals surface area contributed by atoms with E-state index < -0.39 is 0 Å². The van der Waals surface area contributed by atoms with Crippen molar-refractivity contribution in [1.29, 1.82) is 0 Å². The maximum absolute atomic E-state index is 5.64. The van der Waals surface area contributed by atoms with Gasteiger partial charge >= 0.3 is 0 Å². The lowest BCUT2D eigenvalue weighted by Crippen LogP contribution is -2.43. The molecule has 0 aliphatic carbocycles. The van der Waals surface area contributed by atoms with E-state index in [2.05, 4.69) is 16.8 Å². The Kier molecular flexibility index (Phi) is 3.18. The van der Waals surface area contributed by atoms with Gasteiger partial charge in [0, 0.05) is 19.1 Å². The smallest absolute Gasteiger partial charge is 0.123 e. The molecule has 1 fully saturated rings. The Labute approximate surface area is 90.0 Å². The molecular weight excluding hydrogens is 190 g/mol. The molecule has 2 heterocycles. The van der Waals surface area contributed by atoms with Gasteiger partial charge in [-0.1, -0.05) is 6.07 Å². The Balaban J connectivity index is 2.01. The first kappa shape index (κ1) is 10.4. The van der Waals surface area contributed by atoms with Crippen LogP contribution in [0.5, 0.6) is 0 Å². The molecule has 0 saturated carbocycles. The maximum Gasteiger partial charge on any atom is 0.123 e. The summed E-state index contributed by atoms with van der Waals surface area (Å²) in [5.41, 5.74) is 6.68. The molecule has 0 spiro atoms. The van der Waals surface area contributed by atoms with Crippen LogP contribution >= 0.6 is 0 Å². The number of pyridine rings is 1. The Morgan fingerprint density at radius 2 is 2.47 bits per heavy atom. The summed E-state index contributed by atoms with van der Waals surface area (Å²) in [6, 6.07) is 6.23. The summed E-state index contributed by atoms with van der Waals surface area (Å²) in [5.74, 6) is 0.591. The van der Waals surface area contributed by atoms with Crippen molar-refractivity contribution in [3.05, 3.63) is 23.9 Å². The minimum Gasteiger partial charge on any atom is -0.384 e. The SMILES string of the molecule is CC1COCCN1Cc1cccc(N)n1. The highest BCUT2D eigenvalue weighted by Gasteiger charge is 2.18. The van der Waals surface area contributed by atoms with Crippen LogP contribution in [0.2, 0.25) is 0 Å². The molecule has 4 nitrogen and oxygen atoms in total. The van der Waals surface area contributed by atoms with Crippen molar-refractivity contribution in [2.75, 3.05) is 25.5 Å². The molecular formula is C11H17N3O. The zero-order chi connectivity index (χ0) is 10.7. The van der Waals surface area contributed by atoms with E-state index in [0.29, 0.717) is 11.9 Å². The topological polar surface area (TPSA) is 51.4 Å². The van der Waals surface area contributed by atoms with E-state index >= 15 is 0 Å². The number of hydrogen-bond acceptors (Lipinski definition) is 4. The first-order chi connectivity index (χ1) is 7.25. The van der Waals surface area contributed by atoms with E-state index in [1.807, 2.05) is 18.2 Å². The lowest BCUT2D eigenvalue weighted by molar-refractivity contribution is -0.00488. The number of aromatic nitrogens is 1. The van der Waals surface area contributed by atoms with Gasteiger partial charge in [0.1, 0.15) is 5.82 Å². The molecule has 2 rings (SSSR count). The van der Waals surface area contributed by atoms with Crippen LogP contribution < -0.4 is 5.73 Å². The second-order valence-corrected chi connectivity index (χ2v) is 3.95. The van der Waals surface area contributed by atoms with Gasteiger partial charge in [-0.2, -0.15) is 0 Å². The summed E-state index contributed by atoms with van der Waals surface area (Å²) in [5, 5.41) is 0. The van der Waals surface area contributed by atoms with E-state index in [4.69, 9.17) is 10.5 Å². The number of nitrogen functional groups attached to an aromatic ring is 1. The molecule has 82 valence electrons. The highest BCUT2D eigenvalue weighted by Crippen LogP contribution is 2.11. The van der Waals surface area contributed by atoms with E-state index in [0.717, 1.165) is 32.0 Å². The van der Waals surface area contributed by atoms with Crippen LogP contribution in [0.4, 0.5) is 5.82 Å². The monoisotopic (exact) mass is 207 g/mol. The van der Waals surface area contributed by atoms with E-state index in [1.54, 1.807) is 0 Å². The number of morpholine rings is 1. The van der Waals surface area contributed by atoms with Crippen LogP contribution in [0, 0.1) is 0 Å². The highest BCUT2D eigenvalue weighted by molar-refractivity contribution is 5.28. The van der Waals surface area contributed by atoms with Gasteiger partial charge in [-0.05, 0) is 19.1 Å². The largest absolute Gasteiger partial charge is 0.384 e. The third-order valence-corrected chi connectivity index (χ3v) is 2.70. The van der Waals surface area contributed by atoms with E-state index in [9.17, 15) is 0 Å². The fourth-order valence-electron chi connectivity index (χ4n) is 1.79. The van der Waals surface area contributed by atoms with Crippen LogP contribution in [-0.4, -0.2) is 35.7 Å². The van der Waals surface area contributed by atoms with Crippen LogP contribution in [0.25, 0.3) is 0 Å². The second kappa shape index (κ2) is 4.59. The van der Waals surface area contributed by atoms with Crippen LogP contribution in [0.3, 0.4) is 0 Å². The standard InChI is InChI=1S/C11H17N3O/c1-9-8-15-6-5-14(9)7-10-3-2-4-11(12)13-10/h2-4,9H,5-8H2,1H3,(H2,12,13). The lowest BCUT2D eigenvalue weighted by atomic mass is 10.2. The number of nitrogens with two attached hydrogens (primary N) is 1. The molecule has 15 heavy (non-hydrogen) atoms.